The number of halogens is 2. The molecule has 0 bridgehead atoms. The molecular weight excluding hydrogens is 453 g/mol. The number of nitrogens with one attached hydrogen (secondary N) is 1. The van der Waals surface area contributed by atoms with E-state index in [1.165, 1.54) is 0 Å². The normalized spacial score (nSPS) is 11.6. The third kappa shape index (κ3) is 5.32. The lowest BCUT2D eigenvalue weighted by Gasteiger charge is -2.15. The predicted molar refractivity (Wildman–Crippen MR) is 128 cm³/mol. The highest BCUT2D eigenvalue weighted by Crippen LogP contribution is 2.33. The number of benzene rings is 1. The molecule has 1 aromatic carbocycles. The van der Waals surface area contributed by atoms with Gasteiger partial charge in [0.15, 0.2) is 5.65 Å². The molecular formula is C22H25Cl2N5O3. The summed E-state index contributed by atoms with van der Waals surface area (Å²) in [4.78, 5) is 29.8. The van der Waals surface area contributed by atoms with E-state index < -0.39 is 5.56 Å². The molecule has 0 fully saturated rings. The zero-order chi connectivity index (χ0) is 23.3. The second-order valence-electron chi connectivity index (χ2n) is 7.26. The van der Waals surface area contributed by atoms with Crippen molar-refractivity contribution in [3.8, 4) is 11.1 Å². The molecule has 3 aromatic rings. The maximum Gasteiger partial charge on any atom is 0.293 e. The molecule has 32 heavy (non-hydrogen) atoms. The smallest absolute Gasteiger partial charge is 0.293 e. The molecule has 3 rings (SSSR count). The van der Waals surface area contributed by atoms with Gasteiger partial charge in [0.25, 0.3) is 5.56 Å². The van der Waals surface area contributed by atoms with Crippen LogP contribution in [0.2, 0.25) is 10.0 Å². The molecule has 0 saturated carbocycles. The van der Waals surface area contributed by atoms with Crippen LogP contribution < -0.4 is 15.7 Å². The van der Waals surface area contributed by atoms with Gasteiger partial charge in [0.1, 0.15) is 6.61 Å². The number of hydrogen-bond acceptors (Lipinski definition) is 7. The van der Waals surface area contributed by atoms with Crippen molar-refractivity contribution in [2.24, 2.45) is 0 Å². The third-order valence-corrected chi connectivity index (χ3v) is 5.45. The summed E-state index contributed by atoms with van der Waals surface area (Å²) in [7, 11) is 3.92. The zero-order valence-corrected chi connectivity index (χ0v) is 19.6. The van der Waals surface area contributed by atoms with E-state index in [1.807, 2.05) is 32.0 Å². The number of hydrogen-bond donors (Lipinski definition) is 2. The van der Waals surface area contributed by atoms with E-state index in [0.717, 1.165) is 10.4 Å². The first-order chi connectivity index (χ1) is 15.3. The zero-order valence-electron chi connectivity index (χ0n) is 18.1. The van der Waals surface area contributed by atoms with E-state index in [2.05, 4.69) is 15.3 Å². The third-order valence-electron chi connectivity index (χ3n) is 4.82. The minimum absolute atomic E-state index is 0.0674. The van der Waals surface area contributed by atoms with E-state index in [1.54, 1.807) is 30.5 Å². The predicted octanol–water partition coefficient (Wildman–Crippen LogP) is 3.45. The largest absolute Gasteiger partial charge is 0.409 e. The van der Waals surface area contributed by atoms with Crippen molar-refractivity contribution in [1.82, 2.24) is 19.6 Å². The summed E-state index contributed by atoms with van der Waals surface area (Å²) in [6.07, 6.45) is 3.96. The molecule has 10 heteroatoms. The molecule has 0 aliphatic carbocycles. The molecule has 0 saturated heterocycles. The molecule has 0 unspecified atom stereocenters. The van der Waals surface area contributed by atoms with Crippen LogP contribution in [-0.2, 0) is 0 Å². The highest BCUT2D eigenvalue weighted by molar-refractivity contribution is 6.39. The molecule has 170 valence electrons. The van der Waals surface area contributed by atoms with Crippen LogP contribution in [0.5, 0.6) is 0 Å². The lowest BCUT2D eigenvalue weighted by Crippen LogP contribution is -2.30. The summed E-state index contributed by atoms with van der Waals surface area (Å²) in [6, 6.07) is 6.68. The number of allylic oxidation sites excluding steroid dienone is 1. The van der Waals surface area contributed by atoms with Crippen molar-refractivity contribution >= 4 is 40.2 Å². The number of aliphatic hydroxyl groups excluding tert-OH is 1. The van der Waals surface area contributed by atoms with Crippen LogP contribution in [0, 0.1) is 0 Å². The Bertz CT molecular complexity index is 1170. The van der Waals surface area contributed by atoms with Gasteiger partial charge in [0.2, 0.25) is 5.95 Å². The fraction of sp³-hybridized carbons (Fsp3) is 0.318. The van der Waals surface area contributed by atoms with Crippen molar-refractivity contribution in [3.63, 3.8) is 0 Å². The van der Waals surface area contributed by atoms with Gasteiger partial charge in [-0.15, -0.1) is 4.73 Å². The molecule has 0 amide bonds. The Morgan fingerprint density at radius 3 is 2.69 bits per heavy atom. The van der Waals surface area contributed by atoms with Crippen LogP contribution >= 0.6 is 23.2 Å². The van der Waals surface area contributed by atoms with Gasteiger partial charge in [-0.25, -0.2) is 4.98 Å². The van der Waals surface area contributed by atoms with Gasteiger partial charge >= 0.3 is 0 Å². The van der Waals surface area contributed by atoms with Crippen LogP contribution in [-0.4, -0.2) is 58.6 Å². The van der Waals surface area contributed by atoms with Crippen molar-refractivity contribution in [2.45, 2.75) is 13.3 Å². The Labute approximate surface area is 196 Å². The number of anilines is 1. The number of aromatic nitrogens is 3. The van der Waals surface area contributed by atoms with Gasteiger partial charge in [0.05, 0.1) is 15.6 Å². The monoisotopic (exact) mass is 477 g/mol. The maximum absolute atomic E-state index is 13.3. The highest BCUT2D eigenvalue weighted by Gasteiger charge is 2.18. The Hall–Kier alpha value is -2.81. The first-order valence-corrected chi connectivity index (χ1v) is 10.8. The molecule has 0 aliphatic rings. The number of pyridine rings is 1. The molecule has 2 heterocycles. The van der Waals surface area contributed by atoms with Crippen LogP contribution in [0.1, 0.15) is 13.3 Å². The summed E-state index contributed by atoms with van der Waals surface area (Å²) in [5.41, 5.74) is 1.60. The van der Waals surface area contributed by atoms with Crippen LogP contribution in [0.15, 0.2) is 47.0 Å². The highest BCUT2D eigenvalue weighted by atomic mass is 35.5. The van der Waals surface area contributed by atoms with Gasteiger partial charge in [-0.2, -0.15) is 4.98 Å². The van der Waals surface area contributed by atoms with E-state index in [0.29, 0.717) is 45.6 Å². The van der Waals surface area contributed by atoms with Gasteiger partial charge in [-0.3, -0.25) is 4.79 Å². The van der Waals surface area contributed by atoms with Gasteiger partial charge in [0, 0.05) is 56.5 Å². The Morgan fingerprint density at radius 1 is 1.31 bits per heavy atom. The molecule has 0 radical (unpaired) electrons. The standard InChI is InChI=1S/C22H25Cl2N5O3/c1-14(28(2)3)8-9-25-22-26-13-15-12-16(19-17(23)6-4-7-18(19)24)21(31)29(20(15)27-22)32-11-5-10-30/h4,6-8,12-13,30H,5,9-11H2,1-3H3,(H,25,26,27)/b14-8-. The van der Waals surface area contributed by atoms with Crippen LogP contribution in [0.4, 0.5) is 5.95 Å². The Balaban J connectivity index is 2.09. The van der Waals surface area contributed by atoms with Crippen molar-refractivity contribution < 1.29 is 9.94 Å². The average molecular weight is 478 g/mol. The van der Waals surface area contributed by atoms with Crippen molar-refractivity contribution in [3.05, 3.63) is 62.6 Å². The second kappa shape index (κ2) is 10.7. The van der Waals surface area contributed by atoms with E-state index in [4.69, 9.17) is 33.1 Å². The van der Waals surface area contributed by atoms with Crippen LogP contribution in [0.3, 0.4) is 0 Å². The van der Waals surface area contributed by atoms with E-state index in [9.17, 15) is 4.79 Å². The fourth-order valence-corrected chi connectivity index (χ4v) is 3.50. The second-order valence-corrected chi connectivity index (χ2v) is 8.07. The molecule has 0 atom stereocenters. The summed E-state index contributed by atoms with van der Waals surface area (Å²) in [5.74, 6) is 0.350. The molecule has 0 spiro atoms. The first-order valence-electron chi connectivity index (χ1n) is 10.0. The van der Waals surface area contributed by atoms with E-state index >= 15 is 0 Å². The lowest BCUT2D eigenvalue weighted by atomic mass is 10.1. The Morgan fingerprint density at radius 2 is 2.03 bits per heavy atom. The van der Waals surface area contributed by atoms with Crippen molar-refractivity contribution in [1.29, 1.82) is 0 Å². The van der Waals surface area contributed by atoms with Gasteiger partial charge in [-0.05, 0) is 31.2 Å². The average Bonchev–Trinajstić information content (AvgIpc) is 2.75. The number of fused-ring (bicyclic) bond motifs is 1. The molecule has 2 N–H and O–H groups in total. The quantitative estimate of drug-likeness (QED) is 0.455. The van der Waals surface area contributed by atoms with E-state index in [-0.39, 0.29) is 18.8 Å². The number of rotatable bonds is 9. The summed E-state index contributed by atoms with van der Waals surface area (Å²) >= 11 is 12.7. The minimum atomic E-state index is -0.460. The SMILES string of the molecule is C/C(=C/CNc1ncc2cc(-c3c(Cl)cccc3Cl)c(=O)n(OCCCO)c2n1)N(C)C. The molecule has 2 aromatic heterocycles. The molecule has 8 nitrogen and oxygen atoms in total. The number of aliphatic hydroxyl groups is 1. The van der Waals surface area contributed by atoms with Gasteiger partial charge < -0.3 is 20.2 Å². The summed E-state index contributed by atoms with van der Waals surface area (Å²) in [5, 5.41) is 13.5. The maximum atomic E-state index is 13.3. The fourth-order valence-electron chi connectivity index (χ4n) is 2.90. The lowest BCUT2D eigenvalue weighted by molar-refractivity contribution is 0.0966. The van der Waals surface area contributed by atoms with Gasteiger partial charge in [-0.1, -0.05) is 29.3 Å². The number of nitrogens with zero attached hydrogens (tertiary/aromatic N) is 4. The molecule has 0 aliphatic heterocycles. The minimum Gasteiger partial charge on any atom is -0.409 e. The summed E-state index contributed by atoms with van der Waals surface area (Å²) < 4.78 is 1.10. The first kappa shape index (κ1) is 23.8. The Kier molecular flexibility index (Phi) is 7.95. The topological polar surface area (TPSA) is 92.5 Å². The van der Waals surface area contributed by atoms with Crippen molar-refractivity contribution in [2.75, 3.05) is 39.2 Å². The van der Waals surface area contributed by atoms with Crippen LogP contribution in [0.25, 0.3) is 22.2 Å². The summed E-state index contributed by atoms with van der Waals surface area (Å²) in [6.45, 7) is 2.57.